The molecule has 0 saturated carbocycles. The Morgan fingerprint density at radius 2 is 1.80 bits per heavy atom. The second-order valence-corrected chi connectivity index (χ2v) is 6.14. The van der Waals surface area contributed by atoms with Gasteiger partial charge in [-0.2, -0.15) is 0 Å². The second-order valence-electron chi connectivity index (χ2n) is 6.14. The highest BCUT2D eigenvalue weighted by Crippen LogP contribution is 2.31. The van der Waals surface area contributed by atoms with Crippen molar-refractivity contribution >= 4 is 27.9 Å². The van der Waals surface area contributed by atoms with Crippen LogP contribution in [0, 0.1) is 0 Å². The van der Waals surface area contributed by atoms with E-state index in [2.05, 4.69) is 52.5 Å². The third kappa shape index (κ3) is 2.22. The van der Waals surface area contributed by atoms with Gasteiger partial charge in [-0.1, -0.05) is 42.5 Å². The first-order valence-electron chi connectivity index (χ1n) is 8.17. The fourth-order valence-corrected chi connectivity index (χ4v) is 3.37. The number of hydrogen-bond donors (Lipinski definition) is 1. The summed E-state index contributed by atoms with van der Waals surface area (Å²) in [5, 5.41) is 2.40. The summed E-state index contributed by atoms with van der Waals surface area (Å²) in [6.45, 7) is 0. The first kappa shape index (κ1) is 14.0. The lowest BCUT2D eigenvalue weighted by Crippen LogP contribution is -2.25. The van der Waals surface area contributed by atoms with Crippen molar-refractivity contribution in [3.05, 3.63) is 90.0 Å². The number of aliphatic imine (C=N–C) groups is 2. The van der Waals surface area contributed by atoms with Crippen LogP contribution in [0.25, 0.3) is 16.3 Å². The van der Waals surface area contributed by atoms with E-state index in [1.54, 1.807) is 6.26 Å². The van der Waals surface area contributed by atoms with Gasteiger partial charge in [0, 0.05) is 5.70 Å². The van der Waals surface area contributed by atoms with Crippen molar-refractivity contribution in [1.82, 2.24) is 0 Å². The van der Waals surface area contributed by atoms with Gasteiger partial charge in [-0.3, -0.25) is 0 Å². The Labute approximate surface area is 144 Å². The number of rotatable bonds is 2. The number of nitrogens with two attached hydrogens (primary N) is 1. The van der Waals surface area contributed by atoms with Gasteiger partial charge in [0.2, 0.25) is 0 Å². The monoisotopic (exact) mass is 325 g/mol. The van der Waals surface area contributed by atoms with Crippen LogP contribution >= 0.6 is 0 Å². The van der Waals surface area contributed by atoms with E-state index in [1.807, 2.05) is 24.3 Å². The smallest absolute Gasteiger partial charge is 0.192 e. The molecular weight excluding hydrogens is 310 g/mol. The molecule has 2 aliphatic rings. The molecule has 5 rings (SSSR count). The molecule has 0 spiro atoms. The molecule has 2 heterocycles. The van der Waals surface area contributed by atoms with E-state index in [9.17, 15) is 0 Å². The predicted octanol–water partition coefficient (Wildman–Crippen LogP) is 3.94. The molecule has 25 heavy (non-hydrogen) atoms. The Balaban J connectivity index is 1.63. The molecule has 3 aromatic rings. The Kier molecular flexibility index (Phi) is 2.97. The summed E-state index contributed by atoms with van der Waals surface area (Å²) in [7, 11) is 0. The van der Waals surface area contributed by atoms with Crippen molar-refractivity contribution in [2.24, 2.45) is 15.7 Å². The molecule has 1 aromatic heterocycles. The van der Waals surface area contributed by atoms with Crippen LogP contribution in [0.3, 0.4) is 0 Å². The summed E-state index contributed by atoms with van der Waals surface area (Å²) in [5.74, 6) is 1.26. The molecule has 1 unspecified atom stereocenters. The summed E-state index contributed by atoms with van der Waals surface area (Å²) in [6, 6.07) is 18.1. The van der Waals surface area contributed by atoms with Crippen LogP contribution in [0.4, 0.5) is 0 Å². The largest absolute Gasteiger partial charge is 0.461 e. The van der Waals surface area contributed by atoms with Crippen LogP contribution in [0.15, 0.2) is 93.1 Å². The van der Waals surface area contributed by atoms with Crippen LogP contribution in [0.5, 0.6) is 0 Å². The summed E-state index contributed by atoms with van der Waals surface area (Å²) >= 11 is 0. The summed E-state index contributed by atoms with van der Waals surface area (Å²) in [4.78, 5) is 9.24. The normalized spacial score (nSPS) is 19.1. The lowest BCUT2D eigenvalue weighted by molar-refractivity contribution is 0.557. The third-order valence-electron chi connectivity index (χ3n) is 4.55. The van der Waals surface area contributed by atoms with E-state index in [4.69, 9.17) is 10.2 Å². The first-order chi connectivity index (χ1) is 12.3. The van der Waals surface area contributed by atoms with E-state index in [0.717, 1.165) is 16.8 Å². The highest BCUT2D eigenvalue weighted by Gasteiger charge is 2.28. The van der Waals surface area contributed by atoms with Crippen molar-refractivity contribution in [3.8, 4) is 0 Å². The molecule has 1 atom stereocenters. The van der Waals surface area contributed by atoms with Crippen molar-refractivity contribution in [1.29, 1.82) is 0 Å². The molecule has 0 radical (unpaired) electrons. The average Bonchev–Trinajstić information content (AvgIpc) is 3.30. The van der Waals surface area contributed by atoms with Crippen LogP contribution < -0.4 is 5.73 Å². The van der Waals surface area contributed by atoms with Crippen LogP contribution in [-0.4, -0.2) is 17.6 Å². The molecule has 4 nitrogen and oxygen atoms in total. The highest BCUT2D eigenvalue weighted by molar-refractivity contribution is 6.21. The number of allylic oxidation sites excluding steroid dienone is 2. The van der Waals surface area contributed by atoms with Crippen molar-refractivity contribution in [2.75, 3.05) is 0 Å². The van der Waals surface area contributed by atoms with E-state index in [0.29, 0.717) is 17.3 Å². The molecule has 0 saturated heterocycles. The van der Waals surface area contributed by atoms with Crippen molar-refractivity contribution in [2.45, 2.75) is 6.04 Å². The SMILES string of the molecule is NC1=CC(c2cccc3ccccc23)=CC2=NC(c3ccco3)=NC12. The molecule has 120 valence electrons. The molecular formula is C21H15N3O. The predicted molar refractivity (Wildman–Crippen MR) is 101 cm³/mol. The summed E-state index contributed by atoms with van der Waals surface area (Å²) in [5.41, 5.74) is 10.1. The van der Waals surface area contributed by atoms with E-state index >= 15 is 0 Å². The van der Waals surface area contributed by atoms with Crippen molar-refractivity contribution < 1.29 is 4.42 Å². The minimum absolute atomic E-state index is 0.223. The number of hydrogen-bond acceptors (Lipinski definition) is 4. The van der Waals surface area contributed by atoms with Gasteiger partial charge in [0.15, 0.2) is 11.6 Å². The van der Waals surface area contributed by atoms with Gasteiger partial charge >= 0.3 is 0 Å². The molecule has 0 bridgehead atoms. The number of furan rings is 1. The standard InChI is InChI=1S/C21H15N3O/c22-17-11-14(16-8-3-6-13-5-1-2-7-15(13)16)12-18-20(17)24-21(23-18)19-9-4-10-25-19/h1-12,20H,22H2. The average molecular weight is 325 g/mol. The summed E-state index contributed by atoms with van der Waals surface area (Å²) in [6.07, 6.45) is 5.69. The zero-order chi connectivity index (χ0) is 16.8. The highest BCUT2D eigenvalue weighted by atomic mass is 16.3. The van der Waals surface area contributed by atoms with Crippen LogP contribution in [0.2, 0.25) is 0 Å². The lowest BCUT2D eigenvalue weighted by atomic mass is 9.91. The van der Waals surface area contributed by atoms with Gasteiger partial charge in [-0.15, -0.1) is 0 Å². The van der Waals surface area contributed by atoms with Crippen LogP contribution in [-0.2, 0) is 0 Å². The minimum Gasteiger partial charge on any atom is -0.461 e. The number of nitrogens with zero attached hydrogens (tertiary/aromatic N) is 2. The minimum atomic E-state index is -0.223. The first-order valence-corrected chi connectivity index (χ1v) is 8.17. The number of amidine groups is 1. The maximum Gasteiger partial charge on any atom is 0.192 e. The molecule has 1 aliphatic carbocycles. The van der Waals surface area contributed by atoms with Gasteiger partial charge in [0.1, 0.15) is 6.04 Å². The number of benzene rings is 2. The quantitative estimate of drug-likeness (QED) is 0.775. The van der Waals surface area contributed by atoms with Gasteiger partial charge < -0.3 is 10.2 Å². The number of fused-ring (bicyclic) bond motifs is 2. The Hall–Kier alpha value is -3.40. The molecule has 2 aromatic carbocycles. The topological polar surface area (TPSA) is 63.9 Å². The van der Waals surface area contributed by atoms with E-state index in [-0.39, 0.29) is 6.04 Å². The zero-order valence-corrected chi connectivity index (χ0v) is 13.4. The molecule has 2 N–H and O–H groups in total. The van der Waals surface area contributed by atoms with Crippen molar-refractivity contribution in [3.63, 3.8) is 0 Å². The van der Waals surface area contributed by atoms with Gasteiger partial charge in [-0.05, 0) is 46.2 Å². The fourth-order valence-electron chi connectivity index (χ4n) is 3.37. The zero-order valence-electron chi connectivity index (χ0n) is 13.4. The third-order valence-corrected chi connectivity index (χ3v) is 4.55. The molecule has 0 fully saturated rings. The molecule has 4 heteroatoms. The fraction of sp³-hybridized carbons (Fsp3) is 0.0476. The maximum atomic E-state index is 6.31. The second kappa shape index (κ2) is 5.31. The molecule has 1 aliphatic heterocycles. The van der Waals surface area contributed by atoms with Crippen LogP contribution in [0.1, 0.15) is 11.3 Å². The lowest BCUT2D eigenvalue weighted by Gasteiger charge is -2.17. The Morgan fingerprint density at radius 3 is 2.68 bits per heavy atom. The Bertz CT molecular complexity index is 1100. The van der Waals surface area contributed by atoms with Gasteiger partial charge in [0.25, 0.3) is 0 Å². The summed E-state index contributed by atoms with van der Waals surface area (Å²) < 4.78 is 5.41. The maximum absolute atomic E-state index is 6.31. The Morgan fingerprint density at radius 1 is 0.920 bits per heavy atom. The van der Waals surface area contributed by atoms with Gasteiger partial charge in [-0.25, -0.2) is 9.98 Å². The van der Waals surface area contributed by atoms with E-state index < -0.39 is 0 Å². The van der Waals surface area contributed by atoms with Gasteiger partial charge in [0.05, 0.1) is 12.0 Å². The van der Waals surface area contributed by atoms with E-state index in [1.165, 1.54) is 10.8 Å². The molecule has 0 amide bonds.